The highest BCUT2D eigenvalue weighted by Crippen LogP contribution is 2.10. The van der Waals surface area contributed by atoms with E-state index in [9.17, 15) is 0 Å². The van der Waals surface area contributed by atoms with Gasteiger partial charge in [-0.1, -0.05) is 0 Å². The van der Waals surface area contributed by atoms with Crippen LogP contribution in [0.5, 0.6) is 0 Å². The summed E-state index contributed by atoms with van der Waals surface area (Å²) in [6.07, 6.45) is 5.72. The Morgan fingerprint density at radius 3 is 3.06 bits per heavy atom. The predicted octanol–water partition coefficient (Wildman–Crippen LogP) is 1.70. The molecule has 1 atom stereocenters. The van der Waals surface area contributed by atoms with Gasteiger partial charge in [-0.25, -0.2) is 9.97 Å². The quantitative estimate of drug-likeness (QED) is 0.828. The molecule has 1 aliphatic heterocycles. The largest absolute Gasteiger partial charge is 0.376 e. The molecular weight excluding hydrogens is 304 g/mol. The van der Waals surface area contributed by atoms with E-state index in [1.807, 2.05) is 0 Å². The van der Waals surface area contributed by atoms with Crippen LogP contribution in [0.2, 0.25) is 0 Å². The number of ether oxygens (including phenoxy) is 1. The summed E-state index contributed by atoms with van der Waals surface area (Å²) >= 11 is 8.37. The molecule has 0 radical (unpaired) electrons. The van der Waals surface area contributed by atoms with Gasteiger partial charge in [-0.2, -0.15) is 0 Å². The van der Waals surface area contributed by atoms with Crippen molar-refractivity contribution >= 4 is 39.1 Å². The summed E-state index contributed by atoms with van der Waals surface area (Å²) in [4.78, 5) is 8.17. The van der Waals surface area contributed by atoms with Crippen LogP contribution in [0.15, 0.2) is 17.0 Å². The van der Waals surface area contributed by atoms with Crippen molar-refractivity contribution in [3.05, 3.63) is 17.0 Å². The van der Waals surface area contributed by atoms with Crippen molar-refractivity contribution in [2.45, 2.75) is 18.9 Å². The molecule has 7 heteroatoms. The van der Waals surface area contributed by atoms with E-state index in [0.29, 0.717) is 15.5 Å². The van der Waals surface area contributed by atoms with Crippen LogP contribution in [0.25, 0.3) is 0 Å². The molecule has 0 aromatic carbocycles. The van der Waals surface area contributed by atoms with Gasteiger partial charge in [0.15, 0.2) is 10.9 Å². The molecular formula is C10H13BrN4OS. The van der Waals surface area contributed by atoms with Gasteiger partial charge in [-0.05, 0) is 41.0 Å². The molecule has 2 rings (SSSR count). The summed E-state index contributed by atoms with van der Waals surface area (Å²) in [5.74, 6) is 0.623. The van der Waals surface area contributed by atoms with Crippen molar-refractivity contribution in [3.8, 4) is 0 Å². The van der Waals surface area contributed by atoms with E-state index >= 15 is 0 Å². The van der Waals surface area contributed by atoms with Crippen LogP contribution in [0, 0.1) is 0 Å². The maximum atomic E-state index is 5.49. The number of hydrogen-bond acceptors (Lipinski definition) is 4. The normalized spacial score (nSPS) is 19.0. The minimum Gasteiger partial charge on any atom is -0.376 e. The lowest BCUT2D eigenvalue weighted by molar-refractivity contribution is 0.114. The minimum absolute atomic E-state index is 0.269. The summed E-state index contributed by atoms with van der Waals surface area (Å²) in [5.41, 5.74) is 0. The summed E-state index contributed by atoms with van der Waals surface area (Å²) in [5, 5.41) is 6.61. The third-order valence-corrected chi connectivity index (χ3v) is 3.03. The molecule has 0 amide bonds. The zero-order valence-electron chi connectivity index (χ0n) is 9.15. The lowest BCUT2D eigenvalue weighted by Gasteiger charge is -2.13. The highest BCUT2D eigenvalue weighted by molar-refractivity contribution is 9.10. The van der Waals surface area contributed by atoms with Crippen LogP contribution in [0.3, 0.4) is 0 Å². The summed E-state index contributed by atoms with van der Waals surface area (Å²) < 4.78 is 6.18. The molecule has 0 unspecified atom stereocenters. The molecule has 92 valence electrons. The number of anilines is 1. The fraction of sp³-hybridized carbons (Fsp3) is 0.500. The monoisotopic (exact) mass is 316 g/mol. The Morgan fingerprint density at radius 2 is 2.41 bits per heavy atom. The van der Waals surface area contributed by atoms with Crippen LogP contribution in [-0.4, -0.2) is 34.3 Å². The number of aromatic nitrogens is 2. The van der Waals surface area contributed by atoms with E-state index in [-0.39, 0.29) is 6.10 Å². The van der Waals surface area contributed by atoms with Crippen LogP contribution in [-0.2, 0) is 4.74 Å². The first-order valence-corrected chi connectivity index (χ1v) is 6.58. The summed E-state index contributed by atoms with van der Waals surface area (Å²) in [6, 6.07) is 0. The topological polar surface area (TPSA) is 59.1 Å². The van der Waals surface area contributed by atoms with Gasteiger partial charge in [0.25, 0.3) is 0 Å². The van der Waals surface area contributed by atoms with Crippen molar-refractivity contribution in [2.24, 2.45) is 0 Å². The molecule has 2 heterocycles. The molecule has 1 aromatic heterocycles. The van der Waals surface area contributed by atoms with Gasteiger partial charge >= 0.3 is 0 Å². The molecule has 5 nitrogen and oxygen atoms in total. The third-order valence-electron chi connectivity index (χ3n) is 2.38. The van der Waals surface area contributed by atoms with Crippen molar-refractivity contribution in [1.29, 1.82) is 0 Å². The number of nitrogens with one attached hydrogen (secondary N) is 2. The number of rotatable bonds is 3. The Morgan fingerprint density at radius 1 is 1.53 bits per heavy atom. The van der Waals surface area contributed by atoms with E-state index in [4.69, 9.17) is 17.0 Å². The molecule has 1 fully saturated rings. The average Bonchev–Trinajstić information content (AvgIpc) is 2.83. The number of hydrogen-bond donors (Lipinski definition) is 2. The molecule has 1 aromatic rings. The molecule has 0 saturated carbocycles. The van der Waals surface area contributed by atoms with Gasteiger partial charge in [-0.3, -0.25) is 0 Å². The number of nitrogens with zero attached hydrogens (tertiary/aromatic N) is 2. The fourth-order valence-electron chi connectivity index (χ4n) is 1.55. The zero-order valence-corrected chi connectivity index (χ0v) is 11.6. The van der Waals surface area contributed by atoms with Gasteiger partial charge < -0.3 is 15.4 Å². The zero-order chi connectivity index (χ0) is 12.1. The van der Waals surface area contributed by atoms with Crippen LogP contribution in [0.1, 0.15) is 12.8 Å². The molecule has 2 N–H and O–H groups in total. The molecule has 17 heavy (non-hydrogen) atoms. The maximum Gasteiger partial charge on any atom is 0.172 e. The Balaban J connectivity index is 1.74. The van der Waals surface area contributed by atoms with Gasteiger partial charge in [0.2, 0.25) is 0 Å². The SMILES string of the molecule is S=C(NC[C@@H]1CCCO1)Nc1cnc(Br)cn1. The predicted molar refractivity (Wildman–Crippen MR) is 72.9 cm³/mol. The first-order chi connectivity index (χ1) is 8.24. The van der Waals surface area contributed by atoms with Crippen molar-refractivity contribution in [2.75, 3.05) is 18.5 Å². The second kappa shape index (κ2) is 6.23. The van der Waals surface area contributed by atoms with E-state index in [1.54, 1.807) is 12.4 Å². The maximum absolute atomic E-state index is 5.49. The van der Waals surface area contributed by atoms with Gasteiger partial charge in [0.1, 0.15) is 4.60 Å². The fourth-order valence-corrected chi connectivity index (χ4v) is 1.94. The van der Waals surface area contributed by atoms with Gasteiger partial charge in [0, 0.05) is 13.2 Å². The molecule has 0 aliphatic carbocycles. The van der Waals surface area contributed by atoms with E-state index in [0.717, 1.165) is 26.0 Å². The number of thiocarbonyl (C=S) groups is 1. The Hall–Kier alpha value is -0.790. The Kier molecular flexibility index (Phi) is 4.64. The Labute approximate surface area is 113 Å². The van der Waals surface area contributed by atoms with E-state index in [1.165, 1.54) is 0 Å². The Bertz CT molecular complexity index is 380. The van der Waals surface area contributed by atoms with Gasteiger partial charge in [-0.15, -0.1) is 0 Å². The smallest absolute Gasteiger partial charge is 0.172 e. The minimum atomic E-state index is 0.269. The average molecular weight is 317 g/mol. The molecule has 0 bridgehead atoms. The highest BCUT2D eigenvalue weighted by Gasteiger charge is 2.15. The van der Waals surface area contributed by atoms with Crippen LogP contribution in [0.4, 0.5) is 5.82 Å². The second-order valence-electron chi connectivity index (χ2n) is 3.69. The number of halogens is 1. The first-order valence-electron chi connectivity index (χ1n) is 5.38. The second-order valence-corrected chi connectivity index (χ2v) is 4.92. The summed E-state index contributed by atoms with van der Waals surface area (Å²) in [6.45, 7) is 1.58. The van der Waals surface area contributed by atoms with Crippen molar-refractivity contribution in [1.82, 2.24) is 15.3 Å². The molecule has 0 spiro atoms. The third kappa shape index (κ3) is 4.18. The highest BCUT2D eigenvalue weighted by atomic mass is 79.9. The standard InChI is InChI=1S/C10H13BrN4OS/c11-8-5-13-9(6-12-8)15-10(17)14-4-7-2-1-3-16-7/h5-7H,1-4H2,(H2,13,14,15,17)/t7-/m0/s1. The van der Waals surface area contributed by atoms with E-state index < -0.39 is 0 Å². The lowest BCUT2D eigenvalue weighted by Crippen LogP contribution is -2.35. The first kappa shape index (κ1) is 12.7. The molecule has 1 saturated heterocycles. The summed E-state index contributed by atoms with van der Waals surface area (Å²) in [7, 11) is 0. The lowest BCUT2D eigenvalue weighted by atomic mass is 10.2. The van der Waals surface area contributed by atoms with Crippen molar-refractivity contribution < 1.29 is 4.74 Å². The molecule has 1 aliphatic rings. The van der Waals surface area contributed by atoms with Crippen molar-refractivity contribution in [3.63, 3.8) is 0 Å². The van der Waals surface area contributed by atoms with Crippen LogP contribution >= 0.6 is 28.1 Å². The van der Waals surface area contributed by atoms with Crippen LogP contribution < -0.4 is 10.6 Å². The van der Waals surface area contributed by atoms with E-state index in [2.05, 4.69) is 36.5 Å². The van der Waals surface area contributed by atoms with Gasteiger partial charge in [0.05, 0.1) is 18.5 Å².